The minimum Gasteiger partial charge on any atom is -0.326 e. The SMILES string of the molecule is CCC1(C(=O)c2ccc3c(c2)CCC(=O)N3)CCCC1. The molecular weight excluding hydrogens is 250 g/mol. The molecule has 0 spiro atoms. The van der Waals surface area contributed by atoms with Crippen LogP contribution in [0.2, 0.25) is 0 Å². The number of benzene rings is 1. The third-order valence-electron chi connectivity index (χ3n) is 4.98. The molecule has 1 aliphatic heterocycles. The van der Waals surface area contributed by atoms with Gasteiger partial charge in [0.2, 0.25) is 5.91 Å². The highest BCUT2D eigenvalue weighted by Crippen LogP contribution is 2.43. The van der Waals surface area contributed by atoms with Crippen molar-refractivity contribution >= 4 is 17.4 Å². The molecule has 1 amide bonds. The average molecular weight is 271 g/mol. The summed E-state index contributed by atoms with van der Waals surface area (Å²) >= 11 is 0. The van der Waals surface area contributed by atoms with Crippen molar-refractivity contribution in [3.63, 3.8) is 0 Å². The maximum atomic E-state index is 12.9. The maximum absolute atomic E-state index is 12.9. The standard InChI is InChI=1S/C17H21NO2/c1-2-17(9-3-4-10-17)16(20)13-5-7-14-12(11-13)6-8-15(19)18-14/h5,7,11H,2-4,6,8-10H2,1H3,(H,18,19). The predicted octanol–water partition coefficient (Wildman–Crippen LogP) is 3.72. The Labute approximate surface area is 119 Å². The molecule has 1 N–H and O–H groups in total. The van der Waals surface area contributed by atoms with E-state index >= 15 is 0 Å². The third-order valence-corrected chi connectivity index (χ3v) is 4.98. The van der Waals surface area contributed by atoms with Crippen LogP contribution >= 0.6 is 0 Å². The number of fused-ring (bicyclic) bond motifs is 1. The summed E-state index contributed by atoms with van der Waals surface area (Å²) in [7, 11) is 0. The molecule has 0 aromatic heterocycles. The first-order valence-electron chi connectivity index (χ1n) is 7.62. The Morgan fingerprint density at radius 3 is 2.70 bits per heavy atom. The average Bonchev–Trinajstić information content (AvgIpc) is 2.96. The van der Waals surface area contributed by atoms with Crippen LogP contribution in [0.15, 0.2) is 18.2 Å². The number of aryl methyl sites for hydroxylation is 1. The van der Waals surface area contributed by atoms with Crippen molar-refractivity contribution in [2.24, 2.45) is 5.41 Å². The molecule has 1 aromatic carbocycles. The molecule has 3 rings (SSSR count). The fraction of sp³-hybridized carbons (Fsp3) is 0.529. The molecule has 106 valence electrons. The molecule has 1 aromatic rings. The van der Waals surface area contributed by atoms with E-state index in [4.69, 9.17) is 0 Å². The van der Waals surface area contributed by atoms with Crippen LogP contribution in [-0.4, -0.2) is 11.7 Å². The number of nitrogens with one attached hydrogen (secondary N) is 1. The highest BCUT2D eigenvalue weighted by atomic mass is 16.1. The molecule has 2 aliphatic rings. The minimum atomic E-state index is -0.133. The van der Waals surface area contributed by atoms with Crippen LogP contribution in [0.4, 0.5) is 5.69 Å². The summed E-state index contributed by atoms with van der Waals surface area (Å²) in [6.07, 6.45) is 6.57. The number of carbonyl (C=O) groups excluding carboxylic acids is 2. The van der Waals surface area contributed by atoms with Crippen LogP contribution in [0.3, 0.4) is 0 Å². The van der Waals surface area contributed by atoms with E-state index in [1.165, 1.54) is 12.8 Å². The number of hydrogen-bond acceptors (Lipinski definition) is 2. The molecule has 1 heterocycles. The van der Waals surface area contributed by atoms with E-state index in [1.54, 1.807) is 0 Å². The fourth-order valence-corrected chi connectivity index (χ4v) is 3.62. The Hall–Kier alpha value is -1.64. The number of carbonyl (C=O) groups is 2. The first kappa shape index (κ1) is 13.3. The van der Waals surface area contributed by atoms with E-state index in [9.17, 15) is 9.59 Å². The van der Waals surface area contributed by atoms with E-state index in [0.29, 0.717) is 12.2 Å². The van der Waals surface area contributed by atoms with Gasteiger partial charge < -0.3 is 5.32 Å². The van der Waals surface area contributed by atoms with Crippen LogP contribution in [-0.2, 0) is 11.2 Å². The summed E-state index contributed by atoms with van der Waals surface area (Å²) in [4.78, 5) is 24.2. The first-order chi connectivity index (χ1) is 9.64. The number of amides is 1. The molecule has 20 heavy (non-hydrogen) atoms. The molecule has 1 aliphatic carbocycles. The van der Waals surface area contributed by atoms with Crippen molar-refractivity contribution in [3.8, 4) is 0 Å². The fourth-order valence-electron chi connectivity index (χ4n) is 3.62. The van der Waals surface area contributed by atoms with Crippen molar-refractivity contribution < 1.29 is 9.59 Å². The van der Waals surface area contributed by atoms with E-state index in [1.807, 2.05) is 18.2 Å². The largest absolute Gasteiger partial charge is 0.326 e. The molecular formula is C17H21NO2. The number of anilines is 1. The van der Waals surface area contributed by atoms with Crippen molar-refractivity contribution in [1.82, 2.24) is 0 Å². The van der Waals surface area contributed by atoms with Crippen LogP contribution < -0.4 is 5.32 Å². The summed E-state index contributed by atoms with van der Waals surface area (Å²) in [5.41, 5.74) is 2.66. The van der Waals surface area contributed by atoms with Crippen LogP contribution in [0.1, 0.15) is 61.4 Å². The Bertz CT molecular complexity index is 556. The van der Waals surface area contributed by atoms with Crippen molar-refractivity contribution in [3.05, 3.63) is 29.3 Å². The van der Waals surface area contributed by atoms with Gasteiger partial charge in [0.25, 0.3) is 0 Å². The Balaban J connectivity index is 1.91. The Kier molecular flexibility index (Phi) is 3.36. The molecule has 1 fully saturated rings. The van der Waals surface area contributed by atoms with Gasteiger partial charge in [0.1, 0.15) is 0 Å². The molecule has 3 nitrogen and oxygen atoms in total. The maximum Gasteiger partial charge on any atom is 0.224 e. The van der Waals surface area contributed by atoms with Gasteiger partial charge in [-0.1, -0.05) is 19.8 Å². The summed E-state index contributed by atoms with van der Waals surface area (Å²) in [6.45, 7) is 2.13. The lowest BCUT2D eigenvalue weighted by Gasteiger charge is -2.26. The van der Waals surface area contributed by atoms with E-state index < -0.39 is 0 Å². The molecule has 0 atom stereocenters. The molecule has 1 saturated carbocycles. The van der Waals surface area contributed by atoms with Crippen LogP contribution in [0, 0.1) is 5.41 Å². The second kappa shape index (κ2) is 5.04. The second-order valence-corrected chi connectivity index (χ2v) is 6.09. The predicted molar refractivity (Wildman–Crippen MR) is 78.9 cm³/mol. The quantitative estimate of drug-likeness (QED) is 0.851. The van der Waals surface area contributed by atoms with Gasteiger partial charge in [-0.15, -0.1) is 0 Å². The molecule has 0 unspecified atom stereocenters. The summed E-state index contributed by atoms with van der Waals surface area (Å²) < 4.78 is 0. The number of ketones is 1. The summed E-state index contributed by atoms with van der Waals surface area (Å²) in [5, 5.41) is 2.87. The summed E-state index contributed by atoms with van der Waals surface area (Å²) in [5.74, 6) is 0.370. The van der Waals surface area contributed by atoms with Crippen molar-refractivity contribution in [2.45, 2.75) is 51.9 Å². The van der Waals surface area contributed by atoms with Gasteiger partial charge in [0, 0.05) is 23.1 Å². The Morgan fingerprint density at radius 2 is 2.00 bits per heavy atom. The van der Waals surface area contributed by atoms with Gasteiger partial charge in [0.15, 0.2) is 5.78 Å². The van der Waals surface area contributed by atoms with Gasteiger partial charge in [-0.25, -0.2) is 0 Å². The molecule has 0 saturated heterocycles. The van der Waals surface area contributed by atoms with E-state index in [-0.39, 0.29) is 11.3 Å². The molecule has 3 heteroatoms. The van der Waals surface area contributed by atoms with E-state index in [2.05, 4.69) is 12.2 Å². The van der Waals surface area contributed by atoms with Gasteiger partial charge in [-0.2, -0.15) is 0 Å². The number of rotatable bonds is 3. The summed E-state index contributed by atoms with van der Waals surface area (Å²) in [6, 6.07) is 5.76. The highest BCUT2D eigenvalue weighted by molar-refractivity contribution is 6.02. The van der Waals surface area contributed by atoms with Crippen LogP contribution in [0.5, 0.6) is 0 Å². The zero-order valence-corrected chi connectivity index (χ0v) is 12.0. The van der Waals surface area contributed by atoms with E-state index in [0.717, 1.165) is 42.5 Å². The zero-order valence-electron chi connectivity index (χ0n) is 12.0. The minimum absolute atomic E-state index is 0.0670. The third kappa shape index (κ3) is 2.15. The Morgan fingerprint density at radius 1 is 1.25 bits per heavy atom. The second-order valence-electron chi connectivity index (χ2n) is 6.09. The van der Waals surface area contributed by atoms with Gasteiger partial charge in [-0.3, -0.25) is 9.59 Å². The topological polar surface area (TPSA) is 46.2 Å². The lowest BCUT2D eigenvalue weighted by atomic mass is 9.76. The smallest absolute Gasteiger partial charge is 0.224 e. The highest BCUT2D eigenvalue weighted by Gasteiger charge is 2.39. The number of Topliss-reactive ketones (excluding diaryl/α,β-unsaturated/α-hetero) is 1. The first-order valence-corrected chi connectivity index (χ1v) is 7.62. The molecule has 0 radical (unpaired) electrons. The van der Waals surface area contributed by atoms with Crippen molar-refractivity contribution in [2.75, 3.05) is 5.32 Å². The lowest BCUT2D eigenvalue weighted by Crippen LogP contribution is -2.28. The van der Waals surface area contributed by atoms with Crippen LogP contribution in [0.25, 0.3) is 0 Å². The normalized spacial score (nSPS) is 20.4. The lowest BCUT2D eigenvalue weighted by molar-refractivity contribution is -0.116. The zero-order chi connectivity index (χ0) is 14.2. The molecule has 0 bridgehead atoms. The number of hydrogen-bond donors (Lipinski definition) is 1. The van der Waals surface area contributed by atoms with Crippen molar-refractivity contribution in [1.29, 1.82) is 0 Å². The monoisotopic (exact) mass is 271 g/mol. The van der Waals surface area contributed by atoms with Gasteiger partial charge >= 0.3 is 0 Å². The van der Waals surface area contributed by atoms with Gasteiger partial charge in [-0.05, 0) is 49.4 Å². The van der Waals surface area contributed by atoms with Gasteiger partial charge in [0.05, 0.1) is 0 Å².